The fourth-order valence-corrected chi connectivity index (χ4v) is 5.96. The standard InChI is InChI=1S/C18H24N2/c1-12-16(3-4-19)8-17(20(12)2)18-9-13-5-14(10-18)7-15(6-13)11-18/h8,13-15H,3,5-7,9-11H2,1-2H3. The van der Waals surface area contributed by atoms with Crippen LogP contribution in [0.3, 0.4) is 0 Å². The SMILES string of the molecule is Cc1c(CC#N)cc(C23CC4CC(CC(C4)C2)C3)n1C. The molecule has 4 aliphatic carbocycles. The predicted octanol–water partition coefficient (Wildman–Crippen LogP) is 3.87. The third-order valence-corrected chi connectivity index (χ3v) is 6.49. The first-order valence-electron chi connectivity index (χ1n) is 8.14. The molecule has 0 amide bonds. The Morgan fingerprint density at radius 2 is 1.75 bits per heavy atom. The first kappa shape index (κ1) is 12.5. The summed E-state index contributed by atoms with van der Waals surface area (Å²) in [6.45, 7) is 2.18. The number of aromatic nitrogens is 1. The van der Waals surface area contributed by atoms with Gasteiger partial charge >= 0.3 is 0 Å². The van der Waals surface area contributed by atoms with Crippen LogP contribution >= 0.6 is 0 Å². The monoisotopic (exact) mass is 268 g/mol. The van der Waals surface area contributed by atoms with E-state index in [9.17, 15) is 0 Å². The Morgan fingerprint density at radius 1 is 1.20 bits per heavy atom. The molecule has 4 saturated carbocycles. The Morgan fingerprint density at radius 3 is 2.25 bits per heavy atom. The van der Waals surface area contributed by atoms with Crippen LogP contribution in [0, 0.1) is 36.0 Å². The van der Waals surface area contributed by atoms with E-state index in [2.05, 4.69) is 30.7 Å². The van der Waals surface area contributed by atoms with Crippen molar-refractivity contribution in [1.82, 2.24) is 4.57 Å². The van der Waals surface area contributed by atoms with Gasteiger partial charge in [0.1, 0.15) is 0 Å². The Labute approximate surface area is 121 Å². The molecule has 1 aromatic heterocycles. The highest BCUT2D eigenvalue weighted by atomic mass is 15.0. The van der Waals surface area contributed by atoms with E-state index in [0.717, 1.165) is 17.8 Å². The maximum Gasteiger partial charge on any atom is 0.0670 e. The van der Waals surface area contributed by atoms with Gasteiger partial charge in [-0.15, -0.1) is 0 Å². The topological polar surface area (TPSA) is 28.7 Å². The van der Waals surface area contributed by atoms with Gasteiger partial charge in [0.15, 0.2) is 0 Å². The maximum absolute atomic E-state index is 9.02. The van der Waals surface area contributed by atoms with E-state index in [4.69, 9.17) is 5.26 Å². The average molecular weight is 268 g/mol. The van der Waals surface area contributed by atoms with Gasteiger partial charge in [-0.05, 0) is 74.8 Å². The molecule has 0 spiro atoms. The highest BCUT2D eigenvalue weighted by molar-refractivity contribution is 5.35. The van der Waals surface area contributed by atoms with Crippen molar-refractivity contribution >= 4 is 0 Å². The number of rotatable bonds is 2. The molecule has 4 aliphatic rings. The van der Waals surface area contributed by atoms with Crippen LogP contribution in [-0.2, 0) is 18.9 Å². The van der Waals surface area contributed by atoms with Crippen molar-refractivity contribution in [3.05, 3.63) is 23.0 Å². The van der Waals surface area contributed by atoms with E-state index >= 15 is 0 Å². The van der Waals surface area contributed by atoms with E-state index in [-0.39, 0.29) is 0 Å². The summed E-state index contributed by atoms with van der Waals surface area (Å²) in [5, 5.41) is 9.02. The van der Waals surface area contributed by atoms with E-state index in [1.165, 1.54) is 49.8 Å². The summed E-state index contributed by atoms with van der Waals surface area (Å²) < 4.78 is 2.40. The molecule has 0 unspecified atom stereocenters. The Kier molecular flexibility index (Phi) is 2.58. The van der Waals surface area contributed by atoms with Crippen molar-refractivity contribution in [3.8, 4) is 6.07 Å². The number of hydrogen-bond acceptors (Lipinski definition) is 1. The van der Waals surface area contributed by atoms with E-state index in [1.54, 1.807) is 5.69 Å². The minimum Gasteiger partial charge on any atom is -0.351 e. The summed E-state index contributed by atoms with van der Waals surface area (Å²) in [6.07, 6.45) is 9.26. The van der Waals surface area contributed by atoms with Crippen molar-refractivity contribution in [2.45, 2.75) is 57.3 Å². The molecule has 0 atom stereocenters. The highest BCUT2D eigenvalue weighted by Crippen LogP contribution is 2.60. The van der Waals surface area contributed by atoms with Crippen LogP contribution in [-0.4, -0.2) is 4.57 Å². The van der Waals surface area contributed by atoms with Crippen LogP contribution in [0.4, 0.5) is 0 Å². The third kappa shape index (κ3) is 1.62. The van der Waals surface area contributed by atoms with E-state index in [1.807, 2.05) is 0 Å². The Balaban J connectivity index is 1.77. The van der Waals surface area contributed by atoms with Gasteiger partial charge < -0.3 is 4.57 Å². The quantitative estimate of drug-likeness (QED) is 0.800. The van der Waals surface area contributed by atoms with Crippen molar-refractivity contribution in [1.29, 1.82) is 5.26 Å². The zero-order valence-corrected chi connectivity index (χ0v) is 12.7. The summed E-state index contributed by atoms with van der Waals surface area (Å²) in [5.41, 5.74) is 4.54. The first-order chi connectivity index (χ1) is 9.61. The Bertz CT molecular complexity index is 552. The molecule has 1 heterocycles. The van der Waals surface area contributed by atoms with Crippen LogP contribution in [0.25, 0.3) is 0 Å². The minimum absolute atomic E-state index is 0.446. The molecule has 1 aromatic rings. The molecule has 0 aliphatic heterocycles. The highest BCUT2D eigenvalue weighted by Gasteiger charge is 2.52. The van der Waals surface area contributed by atoms with Gasteiger partial charge in [0, 0.05) is 23.9 Å². The fraction of sp³-hybridized carbons (Fsp3) is 0.722. The lowest BCUT2D eigenvalue weighted by atomic mass is 9.49. The lowest BCUT2D eigenvalue weighted by molar-refractivity contribution is -0.00848. The van der Waals surface area contributed by atoms with Crippen LogP contribution < -0.4 is 0 Å². The molecule has 5 rings (SSSR count). The molecule has 0 radical (unpaired) electrons. The molecular weight excluding hydrogens is 244 g/mol. The van der Waals surface area contributed by atoms with Gasteiger partial charge in [0.25, 0.3) is 0 Å². The van der Waals surface area contributed by atoms with Crippen LogP contribution in [0.2, 0.25) is 0 Å². The summed E-state index contributed by atoms with van der Waals surface area (Å²) in [4.78, 5) is 0. The van der Waals surface area contributed by atoms with E-state index in [0.29, 0.717) is 11.8 Å². The van der Waals surface area contributed by atoms with Gasteiger partial charge in [0.05, 0.1) is 12.5 Å². The molecule has 0 aromatic carbocycles. The van der Waals surface area contributed by atoms with Gasteiger partial charge in [-0.25, -0.2) is 0 Å². The van der Waals surface area contributed by atoms with Crippen molar-refractivity contribution < 1.29 is 0 Å². The number of nitriles is 1. The lowest BCUT2D eigenvalue weighted by Crippen LogP contribution is -2.49. The average Bonchev–Trinajstić information content (AvgIpc) is 2.67. The Hall–Kier alpha value is -1.23. The van der Waals surface area contributed by atoms with Crippen molar-refractivity contribution in [2.75, 3.05) is 0 Å². The van der Waals surface area contributed by atoms with Gasteiger partial charge in [-0.2, -0.15) is 5.26 Å². The molecule has 20 heavy (non-hydrogen) atoms. The predicted molar refractivity (Wildman–Crippen MR) is 79.3 cm³/mol. The zero-order valence-electron chi connectivity index (χ0n) is 12.7. The van der Waals surface area contributed by atoms with Gasteiger partial charge in [-0.3, -0.25) is 0 Å². The molecule has 4 fully saturated rings. The third-order valence-electron chi connectivity index (χ3n) is 6.49. The van der Waals surface area contributed by atoms with E-state index < -0.39 is 0 Å². The normalized spacial score (nSPS) is 38.1. The summed E-state index contributed by atoms with van der Waals surface area (Å²) in [6, 6.07) is 4.69. The van der Waals surface area contributed by atoms with Crippen LogP contribution in [0.15, 0.2) is 6.07 Å². The van der Waals surface area contributed by atoms with Crippen LogP contribution in [0.1, 0.15) is 55.5 Å². The second-order valence-corrected chi connectivity index (χ2v) is 7.73. The summed E-state index contributed by atoms with van der Waals surface area (Å²) in [7, 11) is 2.21. The molecule has 2 nitrogen and oxygen atoms in total. The molecular formula is C18H24N2. The molecule has 0 N–H and O–H groups in total. The zero-order chi connectivity index (χ0) is 13.9. The first-order valence-corrected chi connectivity index (χ1v) is 8.14. The molecule has 2 heteroatoms. The van der Waals surface area contributed by atoms with Gasteiger partial charge in [0.2, 0.25) is 0 Å². The molecule has 106 valence electrons. The largest absolute Gasteiger partial charge is 0.351 e. The number of hydrogen-bond donors (Lipinski definition) is 0. The minimum atomic E-state index is 0.446. The maximum atomic E-state index is 9.02. The van der Waals surface area contributed by atoms with Gasteiger partial charge in [-0.1, -0.05) is 0 Å². The van der Waals surface area contributed by atoms with Crippen molar-refractivity contribution in [3.63, 3.8) is 0 Å². The fourth-order valence-electron chi connectivity index (χ4n) is 5.96. The second kappa shape index (κ2) is 4.13. The number of nitrogens with zero attached hydrogens (tertiary/aromatic N) is 2. The summed E-state index contributed by atoms with van der Waals surface area (Å²) in [5.74, 6) is 2.95. The molecule has 0 saturated heterocycles. The van der Waals surface area contributed by atoms with Crippen LogP contribution in [0.5, 0.6) is 0 Å². The lowest BCUT2D eigenvalue weighted by Gasteiger charge is -2.57. The smallest absolute Gasteiger partial charge is 0.0670 e. The molecule has 4 bridgehead atoms. The van der Waals surface area contributed by atoms with Crippen molar-refractivity contribution in [2.24, 2.45) is 24.8 Å². The second-order valence-electron chi connectivity index (χ2n) is 7.73. The summed E-state index contributed by atoms with van der Waals surface area (Å²) >= 11 is 0.